The molecule has 0 atom stereocenters. The number of halogens is 2. The molecule has 26 heavy (non-hydrogen) atoms. The molecule has 0 radical (unpaired) electrons. The normalized spacial score (nSPS) is 16.2. The first-order valence-electron chi connectivity index (χ1n) is 8.68. The fraction of sp³-hybridized carbons (Fsp3) is 0.300. The number of rotatable bonds is 3. The van der Waals surface area contributed by atoms with E-state index in [2.05, 4.69) is 5.32 Å². The van der Waals surface area contributed by atoms with E-state index >= 15 is 0 Å². The van der Waals surface area contributed by atoms with Gasteiger partial charge in [0.05, 0.1) is 0 Å². The molecular formula is C20H18F2N2O2. The third-order valence-corrected chi connectivity index (χ3v) is 4.90. The van der Waals surface area contributed by atoms with Crippen molar-refractivity contribution >= 4 is 17.5 Å². The zero-order valence-corrected chi connectivity index (χ0v) is 14.1. The van der Waals surface area contributed by atoms with Gasteiger partial charge in [0.1, 0.15) is 0 Å². The molecule has 4 rings (SSSR count). The number of anilines is 1. The third kappa shape index (κ3) is 3.31. The summed E-state index contributed by atoms with van der Waals surface area (Å²) < 4.78 is 26.3. The Hall–Kier alpha value is -2.76. The van der Waals surface area contributed by atoms with E-state index in [1.807, 2.05) is 17.0 Å². The highest BCUT2D eigenvalue weighted by molar-refractivity contribution is 6.04. The maximum absolute atomic E-state index is 13.3. The summed E-state index contributed by atoms with van der Waals surface area (Å²) in [4.78, 5) is 26.4. The molecule has 2 aliphatic rings. The van der Waals surface area contributed by atoms with Gasteiger partial charge in [-0.2, -0.15) is 0 Å². The van der Waals surface area contributed by atoms with Gasteiger partial charge in [-0.25, -0.2) is 8.78 Å². The smallest absolute Gasteiger partial charge is 0.255 e. The van der Waals surface area contributed by atoms with E-state index in [-0.39, 0.29) is 17.4 Å². The quantitative estimate of drug-likeness (QED) is 0.915. The number of benzene rings is 2. The summed E-state index contributed by atoms with van der Waals surface area (Å²) in [5.74, 6) is -2.15. The van der Waals surface area contributed by atoms with E-state index in [4.69, 9.17) is 0 Å². The molecule has 0 spiro atoms. The Balaban J connectivity index is 1.49. The molecule has 2 amide bonds. The van der Waals surface area contributed by atoms with Crippen LogP contribution in [0.2, 0.25) is 0 Å². The second kappa shape index (κ2) is 6.52. The molecule has 1 heterocycles. The maximum atomic E-state index is 13.3. The first kappa shape index (κ1) is 16.7. The second-order valence-electron chi connectivity index (χ2n) is 6.85. The Bertz CT molecular complexity index is 893. The van der Waals surface area contributed by atoms with Crippen molar-refractivity contribution < 1.29 is 18.4 Å². The lowest BCUT2D eigenvalue weighted by Gasteiger charge is -2.29. The van der Waals surface area contributed by atoms with Gasteiger partial charge >= 0.3 is 0 Å². The fourth-order valence-corrected chi connectivity index (χ4v) is 3.25. The van der Waals surface area contributed by atoms with Gasteiger partial charge in [-0.15, -0.1) is 0 Å². The molecule has 1 aliphatic heterocycles. The lowest BCUT2D eigenvalue weighted by Crippen LogP contribution is -2.36. The van der Waals surface area contributed by atoms with Crippen molar-refractivity contribution in [2.75, 3.05) is 11.9 Å². The average Bonchev–Trinajstić information content (AvgIpc) is 3.48. The fourth-order valence-electron chi connectivity index (χ4n) is 3.25. The lowest BCUT2D eigenvalue weighted by atomic mass is 9.98. The van der Waals surface area contributed by atoms with Crippen molar-refractivity contribution in [2.24, 2.45) is 5.92 Å². The number of nitrogens with one attached hydrogen (secondary N) is 1. The molecule has 1 N–H and O–H groups in total. The molecule has 2 aromatic carbocycles. The Morgan fingerprint density at radius 1 is 1.00 bits per heavy atom. The van der Waals surface area contributed by atoms with Crippen LogP contribution in [0, 0.1) is 17.6 Å². The van der Waals surface area contributed by atoms with Crippen LogP contribution in [-0.4, -0.2) is 23.3 Å². The second-order valence-corrected chi connectivity index (χ2v) is 6.85. The third-order valence-electron chi connectivity index (χ3n) is 4.90. The maximum Gasteiger partial charge on any atom is 0.255 e. The minimum Gasteiger partial charge on any atom is -0.338 e. The summed E-state index contributed by atoms with van der Waals surface area (Å²) >= 11 is 0. The monoisotopic (exact) mass is 356 g/mol. The molecular weight excluding hydrogens is 338 g/mol. The summed E-state index contributed by atoms with van der Waals surface area (Å²) in [6, 6.07) is 8.61. The van der Waals surface area contributed by atoms with Gasteiger partial charge < -0.3 is 10.2 Å². The summed E-state index contributed by atoms with van der Waals surface area (Å²) in [5, 5.41) is 2.70. The Labute approximate surface area is 149 Å². The average molecular weight is 356 g/mol. The standard InChI is InChI=1S/C20H18F2N2O2/c21-17-6-4-14(10-18(17)22)19(25)23-16-5-3-12-7-8-24(11-15(12)9-16)20(26)13-1-2-13/h3-6,9-10,13H,1-2,7-8,11H2,(H,23,25). The van der Waals surface area contributed by atoms with Gasteiger partial charge in [0.15, 0.2) is 11.6 Å². The van der Waals surface area contributed by atoms with Gasteiger partial charge in [-0.1, -0.05) is 6.07 Å². The Morgan fingerprint density at radius 2 is 1.81 bits per heavy atom. The molecule has 0 saturated heterocycles. The zero-order valence-electron chi connectivity index (χ0n) is 14.1. The number of nitrogens with zero attached hydrogens (tertiary/aromatic N) is 1. The van der Waals surface area contributed by atoms with E-state index in [1.54, 1.807) is 6.07 Å². The summed E-state index contributed by atoms with van der Waals surface area (Å²) in [6.07, 6.45) is 2.75. The summed E-state index contributed by atoms with van der Waals surface area (Å²) in [7, 11) is 0. The van der Waals surface area contributed by atoms with Gasteiger partial charge in [-0.05, 0) is 60.7 Å². The number of hydrogen-bond donors (Lipinski definition) is 1. The van der Waals surface area contributed by atoms with Gasteiger partial charge in [-0.3, -0.25) is 9.59 Å². The minimum atomic E-state index is -1.06. The first-order chi connectivity index (χ1) is 12.5. The van der Waals surface area contributed by atoms with E-state index < -0.39 is 17.5 Å². The van der Waals surface area contributed by atoms with Gasteiger partial charge in [0.25, 0.3) is 5.91 Å². The molecule has 1 fully saturated rings. The molecule has 134 valence electrons. The van der Waals surface area contributed by atoms with Crippen LogP contribution in [0.4, 0.5) is 14.5 Å². The van der Waals surface area contributed by atoms with Crippen molar-refractivity contribution in [3.05, 3.63) is 64.7 Å². The summed E-state index contributed by atoms with van der Waals surface area (Å²) in [5.41, 5.74) is 2.79. The van der Waals surface area contributed by atoms with E-state index in [0.717, 1.165) is 49.1 Å². The Kier molecular flexibility index (Phi) is 4.18. The number of carbonyl (C=O) groups excluding carboxylic acids is 2. The van der Waals surface area contributed by atoms with Gasteiger partial charge in [0, 0.05) is 30.3 Å². The summed E-state index contributed by atoms with van der Waals surface area (Å²) in [6.45, 7) is 1.27. The van der Waals surface area contributed by atoms with E-state index in [0.29, 0.717) is 12.2 Å². The van der Waals surface area contributed by atoms with Crippen LogP contribution in [0.25, 0.3) is 0 Å². The molecule has 6 heteroatoms. The molecule has 4 nitrogen and oxygen atoms in total. The SMILES string of the molecule is O=C(Nc1ccc2c(c1)CN(C(=O)C1CC1)CC2)c1ccc(F)c(F)c1. The van der Waals surface area contributed by atoms with Crippen molar-refractivity contribution in [1.29, 1.82) is 0 Å². The highest BCUT2D eigenvalue weighted by atomic mass is 19.2. The van der Waals surface area contributed by atoms with Crippen LogP contribution in [0.3, 0.4) is 0 Å². The van der Waals surface area contributed by atoms with Crippen LogP contribution < -0.4 is 5.32 Å². The molecule has 0 unspecified atom stereocenters. The molecule has 0 aromatic heterocycles. The van der Waals surface area contributed by atoms with E-state index in [1.165, 1.54) is 6.07 Å². The van der Waals surface area contributed by atoms with Crippen LogP contribution >= 0.6 is 0 Å². The lowest BCUT2D eigenvalue weighted by molar-refractivity contribution is -0.133. The Morgan fingerprint density at radius 3 is 2.54 bits per heavy atom. The topological polar surface area (TPSA) is 49.4 Å². The molecule has 2 aromatic rings. The highest BCUT2D eigenvalue weighted by Crippen LogP contribution is 2.33. The number of fused-ring (bicyclic) bond motifs is 1. The first-order valence-corrected chi connectivity index (χ1v) is 8.68. The van der Waals surface area contributed by atoms with Crippen LogP contribution in [-0.2, 0) is 17.8 Å². The van der Waals surface area contributed by atoms with Crippen LogP contribution in [0.1, 0.15) is 34.3 Å². The predicted octanol–water partition coefficient (Wildman–Crippen LogP) is 3.51. The van der Waals surface area contributed by atoms with Crippen molar-refractivity contribution in [3.63, 3.8) is 0 Å². The van der Waals surface area contributed by atoms with Crippen LogP contribution in [0.5, 0.6) is 0 Å². The molecule has 1 saturated carbocycles. The van der Waals surface area contributed by atoms with Crippen molar-refractivity contribution in [3.8, 4) is 0 Å². The van der Waals surface area contributed by atoms with Crippen LogP contribution in [0.15, 0.2) is 36.4 Å². The number of carbonyl (C=O) groups is 2. The number of hydrogen-bond acceptors (Lipinski definition) is 2. The molecule has 0 bridgehead atoms. The zero-order chi connectivity index (χ0) is 18.3. The predicted molar refractivity (Wildman–Crippen MR) is 92.6 cm³/mol. The minimum absolute atomic E-state index is 0.0483. The number of amides is 2. The van der Waals surface area contributed by atoms with Crippen molar-refractivity contribution in [2.45, 2.75) is 25.8 Å². The molecule has 1 aliphatic carbocycles. The van der Waals surface area contributed by atoms with Gasteiger partial charge in [0.2, 0.25) is 5.91 Å². The van der Waals surface area contributed by atoms with Crippen molar-refractivity contribution in [1.82, 2.24) is 4.90 Å². The largest absolute Gasteiger partial charge is 0.338 e. The van der Waals surface area contributed by atoms with E-state index in [9.17, 15) is 18.4 Å². The highest BCUT2D eigenvalue weighted by Gasteiger charge is 2.34.